The molecule has 3 rings (SSSR count). The summed E-state index contributed by atoms with van der Waals surface area (Å²) in [6.07, 6.45) is 7.34. The van der Waals surface area contributed by atoms with Gasteiger partial charge < -0.3 is 10.6 Å². The molecule has 134 valence electrons. The van der Waals surface area contributed by atoms with Crippen LogP contribution in [-0.4, -0.2) is 32.1 Å². The molecule has 0 aliphatic heterocycles. The van der Waals surface area contributed by atoms with E-state index in [1.54, 1.807) is 41.6 Å². The SMILES string of the molecule is O=C(NCCc1ccnc(-n2ccnc2)n1)NCc1ccc(Cl)c(Cl)c1. The molecule has 0 spiro atoms. The van der Waals surface area contributed by atoms with E-state index in [4.69, 9.17) is 23.2 Å². The van der Waals surface area contributed by atoms with Gasteiger partial charge in [0.2, 0.25) is 5.95 Å². The van der Waals surface area contributed by atoms with E-state index in [9.17, 15) is 4.79 Å². The molecule has 2 amide bonds. The van der Waals surface area contributed by atoms with Crippen LogP contribution in [0, 0.1) is 0 Å². The molecule has 26 heavy (non-hydrogen) atoms. The summed E-state index contributed by atoms with van der Waals surface area (Å²) in [5.41, 5.74) is 1.70. The molecular formula is C17H16Cl2N6O. The highest BCUT2D eigenvalue weighted by molar-refractivity contribution is 6.42. The minimum absolute atomic E-state index is 0.264. The van der Waals surface area contributed by atoms with Gasteiger partial charge in [-0.05, 0) is 23.8 Å². The van der Waals surface area contributed by atoms with Gasteiger partial charge in [-0.15, -0.1) is 0 Å². The molecule has 0 radical (unpaired) electrons. The third-order valence-electron chi connectivity index (χ3n) is 3.54. The standard InChI is InChI=1S/C17H16Cl2N6O/c18-14-2-1-12(9-15(14)19)10-23-17(26)22-6-4-13-3-5-21-16(24-13)25-8-7-20-11-25/h1-3,5,7-9,11H,4,6,10H2,(H2,22,23,26). The fourth-order valence-electron chi connectivity index (χ4n) is 2.22. The van der Waals surface area contributed by atoms with Crippen LogP contribution in [0.25, 0.3) is 5.95 Å². The summed E-state index contributed by atoms with van der Waals surface area (Å²) >= 11 is 11.8. The van der Waals surface area contributed by atoms with Crippen molar-refractivity contribution >= 4 is 29.2 Å². The second-order valence-electron chi connectivity index (χ2n) is 5.43. The summed E-state index contributed by atoms with van der Waals surface area (Å²) in [5.74, 6) is 0.545. The molecule has 2 aromatic heterocycles. The fraction of sp³-hybridized carbons (Fsp3) is 0.176. The Balaban J connectivity index is 1.45. The number of carbonyl (C=O) groups excluding carboxylic acids is 1. The Morgan fingerprint density at radius 3 is 2.77 bits per heavy atom. The second-order valence-corrected chi connectivity index (χ2v) is 6.24. The third-order valence-corrected chi connectivity index (χ3v) is 4.28. The minimum Gasteiger partial charge on any atom is -0.338 e. The first-order valence-electron chi connectivity index (χ1n) is 7.88. The van der Waals surface area contributed by atoms with E-state index in [1.807, 2.05) is 12.1 Å². The van der Waals surface area contributed by atoms with Gasteiger partial charge in [0.05, 0.1) is 10.0 Å². The molecular weight excluding hydrogens is 375 g/mol. The number of imidazole rings is 1. The number of nitrogens with one attached hydrogen (secondary N) is 2. The molecule has 0 aliphatic carbocycles. The van der Waals surface area contributed by atoms with Gasteiger partial charge in [-0.2, -0.15) is 0 Å². The van der Waals surface area contributed by atoms with Crippen molar-refractivity contribution in [2.24, 2.45) is 0 Å². The molecule has 3 aromatic rings. The number of urea groups is 1. The van der Waals surface area contributed by atoms with E-state index < -0.39 is 0 Å². The first-order chi connectivity index (χ1) is 12.6. The van der Waals surface area contributed by atoms with Crippen molar-refractivity contribution in [1.29, 1.82) is 0 Å². The number of nitrogens with zero attached hydrogens (tertiary/aromatic N) is 4. The first-order valence-corrected chi connectivity index (χ1v) is 8.63. The van der Waals surface area contributed by atoms with Crippen LogP contribution < -0.4 is 10.6 Å². The zero-order valence-electron chi connectivity index (χ0n) is 13.7. The van der Waals surface area contributed by atoms with E-state index >= 15 is 0 Å². The number of halogens is 2. The minimum atomic E-state index is -0.264. The zero-order chi connectivity index (χ0) is 18.4. The highest BCUT2D eigenvalue weighted by Crippen LogP contribution is 2.22. The Morgan fingerprint density at radius 2 is 2.00 bits per heavy atom. The van der Waals surface area contributed by atoms with Crippen LogP contribution in [0.5, 0.6) is 0 Å². The molecule has 0 saturated carbocycles. The van der Waals surface area contributed by atoms with Gasteiger partial charge in [-0.1, -0.05) is 29.3 Å². The predicted octanol–water partition coefficient (Wildman–Crippen LogP) is 3.01. The van der Waals surface area contributed by atoms with Crippen LogP contribution in [-0.2, 0) is 13.0 Å². The monoisotopic (exact) mass is 390 g/mol. The lowest BCUT2D eigenvalue weighted by molar-refractivity contribution is 0.240. The van der Waals surface area contributed by atoms with Crippen molar-refractivity contribution in [2.75, 3.05) is 6.54 Å². The third kappa shape index (κ3) is 4.93. The molecule has 0 bridgehead atoms. The molecule has 0 unspecified atom stereocenters. The summed E-state index contributed by atoms with van der Waals surface area (Å²) in [7, 11) is 0. The second kappa shape index (κ2) is 8.64. The van der Waals surface area contributed by atoms with Gasteiger partial charge in [0.1, 0.15) is 6.33 Å². The van der Waals surface area contributed by atoms with E-state index in [0.717, 1.165) is 11.3 Å². The Labute approximate surface area is 160 Å². The molecule has 2 N–H and O–H groups in total. The van der Waals surface area contributed by atoms with Gasteiger partial charge in [-0.3, -0.25) is 4.57 Å². The average molecular weight is 391 g/mol. The summed E-state index contributed by atoms with van der Waals surface area (Å²) < 4.78 is 1.72. The predicted molar refractivity (Wildman–Crippen MR) is 99.6 cm³/mol. The van der Waals surface area contributed by atoms with Crippen LogP contribution in [0.2, 0.25) is 10.0 Å². The van der Waals surface area contributed by atoms with Gasteiger partial charge in [0, 0.05) is 43.8 Å². The normalized spacial score (nSPS) is 10.5. The van der Waals surface area contributed by atoms with Crippen molar-refractivity contribution < 1.29 is 4.79 Å². The Kier molecular flexibility index (Phi) is 6.04. The van der Waals surface area contributed by atoms with E-state index in [2.05, 4.69) is 25.6 Å². The summed E-state index contributed by atoms with van der Waals surface area (Å²) in [6, 6.07) is 6.79. The lowest BCUT2D eigenvalue weighted by Gasteiger charge is -2.09. The number of carbonyl (C=O) groups is 1. The van der Waals surface area contributed by atoms with Crippen molar-refractivity contribution in [2.45, 2.75) is 13.0 Å². The molecule has 2 heterocycles. The summed E-state index contributed by atoms with van der Waals surface area (Å²) in [4.78, 5) is 24.5. The number of rotatable bonds is 6. The number of benzene rings is 1. The molecule has 0 atom stereocenters. The number of hydrogen-bond donors (Lipinski definition) is 2. The average Bonchev–Trinajstić information content (AvgIpc) is 3.18. The highest BCUT2D eigenvalue weighted by Gasteiger charge is 2.05. The van der Waals surface area contributed by atoms with Gasteiger partial charge in [-0.25, -0.2) is 19.7 Å². The Morgan fingerprint density at radius 1 is 1.12 bits per heavy atom. The van der Waals surface area contributed by atoms with Crippen LogP contribution in [0.3, 0.4) is 0 Å². The highest BCUT2D eigenvalue weighted by atomic mass is 35.5. The van der Waals surface area contributed by atoms with E-state index in [0.29, 0.717) is 35.5 Å². The van der Waals surface area contributed by atoms with E-state index in [1.165, 1.54) is 0 Å². The smallest absolute Gasteiger partial charge is 0.315 e. The Hall–Kier alpha value is -2.64. The molecule has 0 aliphatic rings. The van der Waals surface area contributed by atoms with Crippen LogP contribution in [0.1, 0.15) is 11.3 Å². The van der Waals surface area contributed by atoms with Gasteiger partial charge >= 0.3 is 6.03 Å². The maximum absolute atomic E-state index is 11.9. The molecule has 0 fully saturated rings. The lowest BCUT2D eigenvalue weighted by Crippen LogP contribution is -2.36. The van der Waals surface area contributed by atoms with Gasteiger partial charge in [0.15, 0.2) is 0 Å². The summed E-state index contributed by atoms with van der Waals surface area (Å²) in [6.45, 7) is 0.814. The molecule has 9 heteroatoms. The molecule has 0 saturated heterocycles. The van der Waals surface area contributed by atoms with Gasteiger partial charge in [0.25, 0.3) is 0 Å². The van der Waals surface area contributed by atoms with Crippen LogP contribution in [0.4, 0.5) is 4.79 Å². The van der Waals surface area contributed by atoms with Crippen LogP contribution in [0.15, 0.2) is 49.2 Å². The molecule has 7 nitrogen and oxygen atoms in total. The van der Waals surface area contributed by atoms with Crippen molar-refractivity contribution in [3.05, 3.63) is 70.5 Å². The number of amides is 2. The quantitative estimate of drug-likeness (QED) is 0.677. The zero-order valence-corrected chi connectivity index (χ0v) is 15.2. The largest absolute Gasteiger partial charge is 0.338 e. The van der Waals surface area contributed by atoms with Crippen LogP contribution >= 0.6 is 23.2 Å². The maximum Gasteiger partial charge on any atom is 0.315 e. The number of aromatic nitrogens is 4. The Bertz CT molecular complexity index is 885. The van der Waals surface area contributed by atoms with E-state index in [-0.39, 0.29) is 6.03 Å². The fourth-order valence-corrected chi connectivity index (χ4v) is 2.54. The maximum atomic E-state index is 11.9. The summed E-state index contributed by atoms with van der Waals surface area (Å²) in [5, 5.41) is 6.51. The number of hydrogen-bond acceptors (Lipinski definition) is 4. The molecule has 1 aromatic carbocycles. The van der Waals surface area contributed by atoms with Crippen molar-refractivity contribution in [1.82, 2.24) is 30.2 Å². The van der Waals surface area contributed by atoms with Crippen molar-refractivity contribution in [3.63, 3.8) is 0 Å². The first kappa shape index (κ1) is 18.2. The van der Waals surface area contributed by atoms with Crippen molar-refractivity contribution in [3.8, 4) is 5.95 Å². The lowest BCUT2D eigenvalue weighted by atomic mass is 10.2. The topological polar surface area (TPSA) is 84.7 Å².